The summed E-state index contributed by atoms with van der Waals surface area (Å²) in [5.74, 6) is 1.94. The van der Waals surface area contributed by atoms with E-state index in [0.29, 0.717) is 17.3 Å². The van der Waals surface area contributed by atoms with Crippen molar-refractivity contribution >= 4 is 11.6 Å². The minimum Gasteiger partial charge on any atom is -0.508 e. The summed E-state index contributed by atoms with van der Waals surface area (Å²) in [6, 6.07) is 5.18. The van der Waals surface area contributed by atoms with Crippen LogP contribution in [0.2, 0.25) is 5.02 Å². The van der Waals surface area contributed by atoms with Crippen LogP contribution in [0.5, 0.6) is 5.75 Å². The lowest BCUT2D eigenvalue weighted by Gasteiger charge is -2.16. The molecular formula is C14H20ClNO. The molecule has 1 aliphatic rings. The molecule has 0 spiro atoms. The standard InChI is InChI=1S/C14H20ClNO/c1-10-3-2-4-11(10)8-16-9-12-7-13(15)5-6-14(12)17/h5-7,10-11,16-17H,2-4,8-9H2,1H3. The van der Waals surface area contributed by atoms with Crippen LogP contribution in [0, 0.1) is 11.8 Å². The lowest BCUT2D eigenvalue weighted by atomic mass is 9.98. The van der Waals surface area contributed by atoms with E-state index in [9.17, 15) is 5.11 Å². The molecule has 0 radical (unpaired) electrons. The van der Waals surface area contributed by atoms with Gasteiger partial charge in [0.1, 0.15) is 5.75 Å². The Morgan fingerprint density at radius 2 is 2.24 bits per heavy atom. The molecule has 3 heteroatoms. The van der Waals surface area contributed by atoms with Crippen molar-refractivity contribution in [3.8, 4) is 5.75 Å². The average Bonchev–Trinajstić information content (AvgIpc) is 2.70. The molecule has 1 fully saturated rings. The number of hydrogen-bond acceptors (Lipinski definition) is 2. The van der Waals surface area contributed by atoms with Gasteiger partial charge in [-0.2, -0.15) is 0 Å². The Labute approximate surface area is 108 Å². The SMILES string of the molecule is CC1CCCC1CNCc1cc(Cl)ccc1O. The van der Waals surface area contributed by atoms with Crippen LogP contribution in [-0.4, -0.2) is 11.7 Å². The summed E-state index contributed by atoms with van der Waals surface area (Å²) in [5.41, 5.74) is 0.878. The first-order valence-corrected chi connectivity index (χ1v) is 6.72. The number of rotatable bonds is 4. The predicted molar refractivity (Wildman–Crippen MR) is 71.3 cm³/mol. The second-order valence-electron chi connectivity index (χ2n) is 5.07. The molecular weight excluding hydrogens is 234 g/mol. The van der Waals surface area contributed by atoms with Gasteiger partial charge in [-0.25, -0.2) is 0 Å². The van der Waals surface area contributed by atoms with E-state index in [1.165, 1.54) is 19.3 Å². The van der Waals surface area contributed by atoms with Gasteiger partial charge in [0, 0.05) is 17.1 Å². The van der Waals surface area contributed by atoms with Gasteiger partial charge in [0.15, 0.2) is 0 Å². The maximum Gasteiger partial charge on any atom is 0.120 e. The summed E-state index contributed by atoms with van der Waals surface area (Å²) in [6.07, 6.45) is 4.04. The molecule has 0 amide bonds. The van der Waals surface area contributed by atoms with E-state index in [4.69, 9.17) is 11.6 Å². The van der Waals surface area contributed by atoms with Crippen molar-refractivity contribution in [1.29, 1.82) is 0 Å². The number of aromatic hydroxyl groups is 1. The molecule has 1 saturated carbocycles. The fourth-order valence-electron chi connectivity index (χ4n) is 2.61. The molecule has 2 unspecified atom stereocenters. The molecule has 1 aliphatic carbocycles. The molecule has 1 aromatic carbocycles. The number of phenolic OH excluding ortho intramolecular Hbond substituents is 1. The summed E-state index contributed by atoms with van der Waals surface area (Å²) in [7, 11) is 0. The molecule has 0 heterocycles. The second kappa shape index (κ2) is 5.74. The largest absolute Gasteiger partial charge is 0.508 e. The lowest BCUT2D eigenvalue weighted by molar-refractivity contribution is 0.389. The number of phenols is 1. The van der Waals surface area contributed by atoms with E-state index in [0.717, 1.165) is 23.9 Å². The van der Waals surface area contributed by atoms with E-state index in [1.807, 2.05) is 6.07 Å². The summed E-state index contributed by atoms with van der Waals surface area (Å²) >= 11 is 5.91. The van der Waals surface area contributed by atoms with Crippen molar-refractivity contribution in [1.82, 2.24) is 5.32 Å². The van der Waals surface area contributed by atoms with Crippen molar-refractivity contribution in [2.75, 3.05) is 6.54 Å². The maximum atomic E-state index is 9.68. The monoisotopic (exact) mass is 253 g/mol. The van der Waals surface area contributed by atoms with Crippen LogP contribution in [0.15, 0.2) is 18.2 Å². The van der Waals surface area contributed by atoms with Crippen LogP contribution in [0.25, 0.3) is 0 Å². The second-order valence-corrected chi connectivity index (χ2v) is 5.51. The third-order valence-corrected chi connectivity index (χ3v) is 4.04. The van der Waals surface area contributed by atoms with Crippen molar-refractivity contribution in [3.05, 3.63) is 28.8 Å². The Morgan fingerprint density at radius 1 is 1.41 bits per heavy atom. The van der Waals surface area contributed by atoms with Crippen LogP contribution in [0.4, 0.5) is 0 Å². The average molecular weight is 254 g/mol. The molecule has 0 aliphatic heterocycles. The topological polar surface area (TPSA) is 32.3 Å². The minimum atomic E-state index is 0.321. The molecule has 94 valence electrons. The van der Waals surface area contributed by atoms with Crippen LogP contribution in [0.1, 0.15) is 31.7 Å². The highest BCUT2D eigenvalue weighted by Gasteiger charge is 2.22. The normalized spacial score (nSPS) is 24.1. The van der Waals surface area contributed by atoms with Crippen LogP contribution in [-0.2, 0) is 6.54 Å². The van der Waals surface area contributed by atoms with Gasteiger partial charge in [-0.3, -0.25) is 0 Å². The van der Waals surface area contributed by atoms with E-state index in [1.54, 1.807) is 12.1 Å². The zero-order valence-corrected chi connectivity index (χ0v) is 11.0. The predicted octanol–water partition coefficient (Wildman–Crippen LogP) is 3.57. The Morgan fingerprint density at radius 3 is 2.94 bits per heavy atom. The highest BCUT2D eigenvalue weighted by molar-refractivity contribution is 6.30. The highest BCUT2D eigenvalue weighted by Crippen LogP contribution is 2.30. The minimum absolute atomic E-state index is 0.321. The quantitative estimate of drug-likeness (QED) is 0.860. The zero-order chi connectivity index (χ0) is 12.3. The third-order valence-electron chi connectivity index (χ3n) is 3.80. The van der Waals surface area contributed by atoms with Gasteiger partial charge in [0.2, 0.25) is 0 Å². The molecule has 2 atom stereocenters. The van der Waals surface area contributed by atoms with Gasteiger partial charge in [0.25, 0.3) is 0 Å². The molecule has 2 N–H and O–H groups in total. The first-order valence-electron chi connectivity index (χ1n) is 6.35. The van der Waals surface area contributed by atoms with Crippen molar-refractivity contribution in [2.45, 2.75) is 32.7 Å². The van der Waals surface area contributed by atoms with Crippen LogP contribution < -0.4 is 5.32 Å². The van der Waals surface area contributed by atoms with E-state index in [-0.39, 0.29) is 0 Å². The number of halogens is 1. The van der Waals surface area contributed by atoms with Crippen molar-refractivity contribution in [2.24, 2.45) is 11.8 Å². The van der Waals surface area contributed by atoms with E-state index < -0.39 is 0 Å². The van der Waals surface area contributed by atoms with Gasteiger partial charge < -0.3 is 10.4 Å². The fraction of sp³-hybridized carbons (Fsp3) is 0.571. The molecule has 0 saturated heterocycles. The van der Waals surface area contributed by atoms with Gasteiger partial charge in [0.05, 0.1) is 0 Å². The first-order chi connectivity index (χ1) is 8.16. The number of hydrogen-bond donors (Lipinski definition) is 2. The summed E-state index contributed by atoms with van der Waals surface area (Å²) < 4.78 is 0. The van der Waals surface area contributed by atoms with Crippen LogP contribution in [0.3, 0.4) is 0 Å². The van der Waals surface area contributed by atoms with E-state index in [2.05, 4.69) is 12.2 Å². The third kappa shape index (κ3) is 3.36. The van der Waals surface area contributed by atoms with Gasteiger partial charge in [-0.1, -0.05) is 31.4 Å². The van der Waals surface area contributed by atoms with Gasteiger partial charge >= 0.3 is 0 Å². The number of nitrogens with one attached hydrogen (secondary N) is 1. The zero-order valence-electron chi connectivity index (χ0n) is 10.2. The molecule has 0 bridgehead atoms. The van der Waals surface area contributed by atoms with E-state index >= 15 is 0 Å². The molecule has 2 rings (SSSR count). The molecule has 17 heavy (non-hydrogen) atoms. The van der Waals surface area contributed by atoms with Crippen LogP contribution >= 0.6 is 11.6 Å². The highest BCUT2D eigenvalue weighted by atomic mass is 35.5. The van der Waals surface area contributed by atoms with Gasteiger partial charge in [-0.15, -0.1) is 0 Å². The van der Waals surface area contributed by atoms with Crippen molar-refractivity contribution in [3.63, 3.8) is 0 Å². The lowest BCUT2D eigenvalue weighted by Crippen LogP contribution is -2.23. The fourth-order valence-corrected chi connectivity index (χ4v) is 2.81. The molecule has 2 nitrogen and oxygen atoms in total. The Kier molecular flexibility index (Phi) is 4.30. The Bertz CT molecular complexity index is 380. The molecule has 0 aromatic heterocycles. The molecule has 1 aromatic rings. The smallest absolute Gasteiger partial charge is 0.120 e. The Hall–Kier alpha value is -0.730. The summed E-state index contributed by atoms with van der Waals surface area (Å²) in [4.78, 5) is 0. The Balaban J connectivity index is 1.83. The summed E-state index contributed by atoms with van der Waals surface area (Å²) in [5, 5.41) is 13.8. The van der Waals surface area contributed by atoms with Crippen molar-refractivity contribution < 1.29 is 5.11 Å². The first kappa shape index (κ1) is 12.7. The number of benzene rings is 1. The maximum absolute atomic E-state index is 9.68. The van der Waals surface area contributed by atoms with Gasteiger partial charge in [-0.05, 0) is 43.0 Å². The summed E-state index contributed by atoms with van der Waals surface area (Å²) in [6.45, 7) is 4.05.